The van der Waals surface area contributed by atoms with Crippen molar-refractivity contribution in [2.24, 2.45) is 0 Å². The second-order valence-corrected chi connectivity index (χ2v) is 5.75. The maximum atomic E-state index is 11.6. The Morgan fingerprint density at radius 2 is 1.71 bits per heavy atom. The first-order valence-electron chi connectivity index (χ1n) is 8.14. The van der Waals surface area contributed by atoms with Crippen LogP contribution in [0.2, 0.25) is 0 Å². The van der Waals surface area contributed by atoms with Gasteiger partial charge in [-0.05, 0) is 41.1 Å². The van der Waals surface area contributed by atoms with Crippen LogP contribution in [0.15, 0.2) is 60.7 Å². The number of hydrogen-bond donors (Lipinski definition) is 0. The van der Waals surface area contributed by atoms with E-state index in [0.717, 1.165) is 10.8 Å². The van der Waals surface area contributed by atoms with Crippen LogP contribution in [-0.4, -0.2) is 24.5 Å². The molecular formula is C20H15NO7. The van der Waals surface area contributed by atoms with E-state index in [9.17, 15) is 19.7 Å². The van der Waals surface area contributed by atoms with Crippen LogP contribution >= 0.6 is 0 Å². The minimum absolute atomic E-state index is 0.0766. The number of methoxy groups -OCH3 is 1. The summed E-state index contributed by atoms with van der Waals surface area (Å²) in [6, 6.07) is 15.7. The topological polar surface area (TPSA) is 105 Å². The number of esters is 1. The van der Waals surface area contributed by atoms with E-state index in [2.05, 4.69) is 0 Å². The molecule has 0 amide bonds. The van der Waals surface area contributed by atoms with Gasteiger partial charge in [0, 0.05) is 17.7 Å². The fraction of sp³-hybridized carbons (Fsp3) is 0.100. The molecule has 0 saturated carbocycles. The van der Waals surface area contributed by atoms with Gasteiger partial charge in [-0.1, -0.05) is 18.2 Å². The Balaban J connectivity index is 1.88. The predicted octanol–water partition coefficient (Wildman–Crippen LogP) is 3.79. The number of benzene rings is 3. The number of nitrogens with zero attached hydrogens (tertiary/aromatic N) is 1. The van der Waals surface area contributed by atoms with Gasteiger partial charge in [0.25, 0.3) is 18.4 Å². The summed E-state index contributed by atoms with van der Waals surface area (Å²) in [7, 11) is 1.31. The number of nitro groups is 1. The van der Waals surface area contributed by atoms with E-state index in [0.29, 0.717) is 16.9 Å². The Morgan fingerprint density at radius 3 is 2.36 bits per heavy atom. The molecular weight excluding hydrogens is 366 g/mol. The SMILES string of the molecule is COC(=O)c1ccc2cc(C(OC=O)Oc3ccc([N+](=O)[O-])cc3)ccc2c1. The average molecular weight is 381 g/mol. The molecule has 0 heterocycles. The molecule has 0 bridgehead atoms. The smallest absolute Gasteiger partial charge is 0.337 e. The number of carbonyl (C=O) groups is 2. The molecule has 28 heavy (non-hydrogen) atoms. The minimum atomic E-state index is -1.04. The van der Waals surface area contributed by atoms with E-state index in [-0.39, 0.29) is 12.2 Å². The Morgan fingerprint density at radius 1 is 1.04 bits per heavy atom. The molecule has 0 radical (unpaired) electrons. The highest BCUT2D eigenvalue weighted by molar-refractivity contribution is 5.95. The first-order valence-corrected chi connectivity index (χ1v) is 8.14. The van der Waals surface area contributed by atoms with Gasteiger partial charge in [-0.15, -0.1) is 0 Å². The summed E-state index contributed by atoms with van der Waals surface area (Å²) in [5.41, 5.74) is 0.904. The van der Waals surface area contributed by atoms with Crippen molar-refractivity contribution in [1.29, 1.82) is 0 Å². The van der Waals surface area contributed by atoms with E-state index >= 15 is 0 Å². The minimum Gasteiger partial charge on any atom is -0.465 e. The van der Waals surface area contributed by atoms with Crippen molar-refractivity contribution in [3.63, 3.8) is 0 Å². The Bertz CT molecular complexity index is 1030. The van der Waals surface area contributed by atoms with Crippen molar-refractivity contribution < 1.29 is 28.7 Å². The van der Waals surface area contributed by atoms with E-state index in [1.54, 1.807) is 36.4 Å². The molecule has 0 fully saturated rings. The zero-order chi connectivity index (χ0) is 20.1. The second kappa shape index (κ2) is 8.17. The molecule has 3 rings (SSSR count). The lowest BCUT2D eigenvalue weighted by Crippen LogP contribution is -2.11. The number of nitro benzene ring substituents is 1. The number of ether oxygens (including phenoxy) is 3. The fourth-order valence-electron chi connectivity index (χ4n) is 2.65. The van der Waals surface area contributed by atoms with Crippen LogP contribution in [-0.2, 0) is 14.3 Å². The summed E-state index contributed by atoms with van der Waals surface area (Å²) < 4.78 is 15.4. The van der Waals surface area contributed by atoms with Gasteiger partial charge in [-0.3, -0.25) is 14.9 Å². The average Bonchev–Trinajstić information content (AvgIpc) is 2.72. The van der Waals surface area contributed by atoms with Gasteiger partial charge in [0.15, 0.2) is 0 Å². The molecule has 8 nitrogen and oxygen atoms in total. The molecule has 0 aliphatic heterocycles. The van der Waals surface area contributed by atoms with Gasteiger partial charge in [-0.25, -0.2) is 4.79 Å². The Hall–Kier alpha value is -3.94. The first kappa shape index (κ1) is 18.8. The normalized spacial score (nSPS) is 11.5. The summed E-state index contributed by atoms with van der Waals surface area (Å²) in [5, 5.41) is 12.3. The zero-order valence-corrected chi connectivity index (χ0v) is 14.7. The third-order valence-corrected chi connectivity index (χ3v) is 4.03. The quantitative estimate of drug-likeness (QED) is 0.202. The summed E-state index contributed by atoms with van der Waals surface area (Å²) in [5.74, 6) is -0.131. The van der Waals surface area contributed by atoms with Crippen LogP contribution in [0.25, 0.3) is 10.8 Å². The molecule has 0 N–H and O–H groups in total. The summed E-state index contributed by atoms with van der Waals surface area (Å²) in [4.78, 5) is 32.8. The first-order chi connectivity index (χ1) is 13.5. The Kier molecular flexibility index (Phi) is 5.50. The van der Waals surface area contributed by atoms with Crippen molar-refractivity contribution >= 4 is 28.9 Å². The molecule has 3 aromatic carbocycles. The van der Waals surface area contributed by atoms with Gasteiger partial charge in [0.1, 0.15) is 5.75 Å². The van der Waals surface area contributed by atoms with Gasteiger partial charge in [-0.2, -0.15) is 0 Å². The molecule has 0 spiro atoms. The van der Waals surface area contributed by atoms with Crippen LogP contribution in [0.1, 0.15) is 22.2 Å². The fourth-order valence-corrected chi connectivity index (χ4v) is 2.65. The lowest BCUT2D eigenvalue weighted by Gasteiger charge is -2.18. The molecule has 1 atom stereocenters. The van der Waals surface area contributed by atoms with E-state index in [1.165, 1.54) is 31.4 Å². The molecule has 0 saturated heterocycles. The molecule has 142 valence electrons. The highest BCUT2D eigenvalue weighted by Crippen LogP contribution is 2.27. The largest absolute Gasteiger partial charge is 0.465 e. The van der Waals surface area contributed by atoms with Crippen LogP contribution in [0.4, 0.5) is 5.69 Å². The Labute approximate surface area is 159 Å². The number of rotatable bonds is 7. The molecule has 3 aromatic rings. The van der Waals surface area contributed by atoms with Gasteiger partial charge in [0.2, 0.25) is 0 Å². The van der Waals surface area contributed by atoms with Crippen molar-refractivity contribution in [2.45, 2.75) is 6.29 Å². The molecule has 0 aliphatic carbocycles. The highest BCUT2D eigenvalue weighted by Gasteiger charge is 2.16. The number of carbonyl (C=O) groups excluding carboxylic acids is 2. The summed E-state index contributed by atoms with van der Waals surface area (Å²) in [6.07, 6.45) is -1.04. The van der Waals surface area contributed by atoms with Crippen LogP contribution in [0.5, 0.6) is 5.75 Å². The molecule has 0 aliphatic rings. The predicted molar refractivity (Wildman–Crippen MR) is 98.9 cm³/mol. The van der Waals surface area contributed by atoms with Crippen molar-refractivity contribution in [2.75, 3.05) is 7.11 Å². The van der Waals surface area contributed by atoms with Crippen molar-refractivity contribution in [1.82, 2.24) is 0 Å². The van der Waals surface area contributed by atoms with Crippen LogP contribution < -0.4 is 4.74 Å². The van der Waals surface area contributed by atoms with Gasteiger partial charge >= 0.3 is 5.97 Å². The monoisotopic (exact) mass is 381 g/mol. The second-order valence-electron chi connectivity index (χ2n) is 5.75. The van der Waals surface area contributed by atoms with Crippen LogP contribution in [0.3, 0.4) is 0 Å². The van der Waals surface area contributed by atoms with Gasteiger partial charge in [0.05, 0.1) is 17.6 Å². The number of hydrogen-bond acceptors (Lipinski definition) is 7. The van der Waals surface area contributed by atoms with Gasteiger partial charge < -0.3 is 14.2 Å². The molecule has 8 heteroatoms. The van der Waals surface area contributed by atoms with E-state index in [1.807, 2.05) is 0 Å². The number of fused-ring (bicyclic) bond motifs is 1. The van der Waals surface area contributed by atoms with E-state index < -0.39 is 17.2 Å². The third kappa shape index (κ3) is 4.07. The zero-order valence-electron chi connectivity index (χ0n) is 14.7. The van der Waals surface area contributed by atoms with Crippen molar-refractivity contribution in [3.05, 3.63) is 81.9 Å². The standard InChI is InChI=1S/C20H15NO7/c1-26-19(23)15-4-2-14-11-16(5-3-13(14)10-15)20(27-12-22)28-18-8-6-17(7-9-18)21(24)25/h2-12,20H,1H3. The lowest BCUT2D eigenvalue weighted by molar-refractivity contribution is -0.384. The van der Waals surface area contributed by atoms with E-state index in [4.69, 9.17) is 14.2 Å². The van der Waals surface area contributed by atoms with Crippen LogP contribution in [0, 0.1) is 10.1 Å². The lowest BCUT2D eigenvalue weighted by atomic mass is 10.0. The third-order valence-electron chi connectivity index (χ3n) is 4.03. The number of non-ortho nitro benzene ring substituents is 1. The maximum Gasteiger partial charge on any atom is 0.337 e. The molecule has 0 aromatic heterocycles. The van der Waals surface area contributed by atoms with Crippen molar-refractivity contribution in [3.8, 4) is 5.75 Å². The highest BCUT2D eigenvalue weighted by atomic mass is 16.7. The summed E-state index contributed by atoms with van der Waals surface area (Å²) in [6.45, 7) is 0.264. The maximum absolute atomic E-state index is 11.6. The summed E-state index contributed by atoms with van der Waals surface area (Å²) >= 11 is 0. The molecule has 1 unspecified atom stereocenters.